The summed E-state index contributed by atoms with van der Waals surface area (Å²) >= 11 is 0. The van der Waals surface area contributed by atoms with Gasteiger partial charge in [-0.2, -0.15) is 5.26 Å². The number of nitrogen functional groups attached to an aromatic ring is 1. The van der Waals surface area contributed by atoms with Gasteiger partial charge in [-0.15, -0.1) is 0 Å². The van der Waals surface area contributed by atoms with Gasteiger partial charge in [0.1, 0.15) is 0 Å². The van der Waals surface area contributed by atoms with Gasteiger partial charge >= 0.3 is 0 Å². The Bertz CT molecular complexity index is 862. The van der Waals surface area contributed by atoms with Gasteiger partial charge in [0.25, 0.3) is 0 Å². The van der Waals surface area contributed by atoms with E-state index >= 15 is 0 Å². The molecule has 0 saturated carbocycles. The summed E-state index contributed by atoms with van der Waals surface area (Å²) in [6, 6.07) is 11.8. The zero-order chi connectivity index (χ0) is 15.0. The van der Waals surface area contributed by atoms with Crippen LogP contribution in [0.15, 0.2) is 36.4 Å². The van der Waals surface area contributed by atoms with Gasteiger partial charge in [-0.3, -0.25) is 4.57 Å². The van der Waals surface area contributed by atoms with Crippen molar-refractivity contribution < 1.29 is 9.13 Å². The highest BCUT2D eigenvalue weighted by Gasteiger charge is 2.14. The first-order valence-electron chi connectivity index (χ1n) is 6.16. The van der Waals surface area contributed by atoms with E-state index in [0.29, 0.717) is 16.6 Å². The number of hydrogen-bond donors (Lipinski definition) is 1. The lowest BCUT2D eigenvalue weighted by molar-refractivity contribution is 0.387. The van der Waals surface area contributed by atoms with Crippen LogP contribution in [0.2, 0.25) is 0 Å². The predicted molar refractivity (Wildman–Crippen MR) is 76.7 cm³/mol. The Morgan fingerprint density at radius 3 is 2.62 bits per heavy atom. The monoisotopic (exact) mass is 282 g/mol. The molecule has 1 aromatic heterocycles. The van der Waals surface area contributed by atoms with Crippen molar-refractivity contribution in [1.29, 1.82) is 5.26 Å². The van der Waals surface area contributed by atoms with Crippen LogP contribution in [0.3, 0.4) is 0 Å². The molecule has 2 aromatic carbocycles. The molecule has 5 nitrogen and oxygen atoms in total. The minimum Gasteiger partial charge on any atom is -0.494 e. The number of fused-ring (bicyclic) bond motifs is 1. The van der Waals surface area contributed by atoms with Crippen molar-refractivity contribution in [2.75, 3.05) is 12.8 Å². The highest BCUT2D eigenvalue weighted by atomic mass is 19.1. The second-order valence-electron chi connectivity index (χ2n) is 4.44. The molecule has 0 fully saturated rings. The highest BCUT2D eigenvalue weighted by Crippen LogP contribution is 2.28. The number of ether oxygens (including phenoxy) is 1. The molecule has 6 heteroatoms. The maximum absolute atomic E-state index is 13.7. The molecule has 0 unspecified atom stereocenters. The normalized spacial score (nSPS) is 10.5. The highest BCUT2D eigenvalue weighted by molar-refractivity contribution is 5.82. The molecule has 0 radical (unpaired) electrons. The van der Waals surface area contributed by atoms with Gasteiger partial charge in [0.05, 0.1) is 29.8 Å². The standard InChI is InChI=1S/C15H11FN4O/c1-21-14-7-13-12(6-11(14)16)19-15(18)20(13)10-4-2-9(8-17)3-5-10/h2-7H,1H3,(H2,18,19). The molecular formula is C15H11FN4O. The molecule has 0 spiro atoms. The van der Waals surface area contributed by atoms with Crippen LogP contribution in [-0.4, -0.2) is 16.7 Å². The Kier molecular flexibility index (Phi) is 2.95. The molecule has 3 aromatic rings. The molecule has 104 valence electrons. The number of nitrogens with two attached hydrogens (primary N) is 1. The summed E-state index contributed by atoms with van der Waals surface area (Å²) in [5.74, 6) is -0.130. The van der Waals surface area contributed by atoms with Crippen molar-refractivity contribution in [3.05, 3.63) is 47.8 Å². The van der Waals surface area contributed by atoms with Crippen LogP contribution in [0.25, 0.3) is 16.7 Å². The summed E-state index contributed by atoms with van der Waals surface area (Å²) in [5.41, 5.74) is 8.28. The maximum Gasteiger partial charge on any atom is 0.205 e. The van der Waals surface area contributed by atoms with Crippen molar-refractivity contribution in [2.24, 2.45) is 0 Å². The number of anilines is 1. The molecule has 0 bridgehead atoms. The van der Waals surface area contributed by atoms with E-state index < -0.39 is 5.82 Å². The summed E-state index contributed by atoms with van der Waals surface area (Å²) in [6.07, 6.45) is 0. The molecule has 1 heterocycles. The van der Waals surface area contributed by atoms with Gasteiger partial charge in [-0.05, 0) is 24.3 Å². The van der Waals surface area contributed by atoms with Crippen LogP contribution in [0.4, 0.5) is 10.3 Å². The maximum atomic E-state index is 13.7. The van der Waals surface area contributed by atoms with Gasteiger partial charge in [0.15, 0.2) is 11.6 Å². The van der Waals surface area contributed by atoms with E-state index in [1.54, 1.807) is 34.9 Å². The van der Waals surface area contributed by atoms with Crippen LogP contribution in [0.5, 0.6) is 5.75 Å². The van der Waals surface area contributed by atoms with E-state index in [4.69, 9.17) is 15.7 Å². The first-order valence-corrected chi connectivity index (χ1v) is 6.16. The van der Waals surface area contributed by atoms with Crippen LogP contribution < -0.4 is 10.5 Å². The topological polar surface area (TPSA) is 76.9 Å². The lowest BCUT2D eigenvalue weighted by atomic mass is 10.2. The molecule has 0 aliphatic rings. The van der Waals surface area contributed by atoms with Gasteiger partial charge in [0, 0.05) is 17.8 Å². The van der Waals surface area contributed by atoms with Crippen LogP contribution in [-0.2, 0) is 0 Å². The number of methoxy groups -OCH3 is 1. The Hall–Kier alpha value is -3.07. The Morgan fingerprint density at radius 1 is 1.29 bits per heavy atom. The number of benzene rings is 2. The number of nitriles is 1. The average molecular weight is 282 g/mol. The SMILES string of the molecule is COc1cc2c(cc1F)nc(N)n2-c1ccc(C#N)cc1. The van der Waals surface area contributed by atoms with Gasteiger partial charge < -0.3 is 10.5 Å². The van der Waals surface area contributed by atoms with Crippen molar-refractivity contribution in [3.8, 4) is 17.5 Å². The minimum atomic E-state index is -0.491. The average Bonchev–Trinajstić information content (AvgIpc) is 2.81. The number of hydrogen-bond acceptors (Lipinski definition) is 4. The number of nitrogens with zero attached hydrogens (tertiary/aromatic N) is 3. The second-order valence-corrected chi connectivity index (χ2v) is 4.44. The van der Waals surface area contributed by atoms with Gasteiger partial charge in [-0.25, -0.2) is 9.37 Å². The fourth-order valence-corrected chi connectivity index (χ4v) is 2.21. The van der Waals surface area contributed by atoms with E-state index in [1.165, 1.54) is 13.2 Å². The quantitative estimate of drug-likeness (QED) is 0.783. The molecule has 0 aliphatic carbocycles. The van der Waals surface area contributed by atoms with Crippen molar-refractivity contribution >= 4 is 17.0 Å². The third-order valence-corrected chi connectivity index (χ3v) is 3.21. The first-order chi connectivity index (χ1) is 10.1. The molecule has 3 rings (SSSR count). The Labute approximate surface area is 120 Å². The summed E-state index contributed by atoms with van der Waals surface area (Å²) in [7, 11) is 1.40. The summed E-state index contributed by atoms with van der Waals surface area (Å²) in [6.45, 7) is 0. The molecule has 0 atom stereocenters. The summed E-state index contributed by atoms with van der Waals surface area (Å²) in [5, 5.41) is 8.83. The lowest BCUT2D eigenvalue weighted by Crippen LogP contribution is -2.00. The van der Waals surface area contributed by atoms with E-state index in [2.05, 4.69) is 11.1 Å². The fraction of sp³-hybridized carbons (Fsp3) is 0.0667. The zero-order valence-corrected chi connectivity index (χ0v) is 11.2. The Morgan fingerprint density at radius 2 is 2.00 bits per heavy atom. The fourth-order valence-electron chi connectivity index (χ4n) is 2.21. The van der Waals surface area contributed by atoms with E-state index in [-0.39, 0.29) is 11.7 Å². The summed E-state index contributed by atoms with van der Waals surface area (Å²) < 4.78 is 20.4. The molecule has 0 saturated heterocycles. The number of imidazole rings is 1. The number of aromatic nitrogens is 2. The Balaban J connectivity index is 2.25. The molecule has 0 aliphatic heterocycles. The summed E-state index contributed by atoms with van der Waals surface area (Å²) in [4.78, 5) is 4.15. The third kappa shape index (κ3) is 2.05. The van der Waals surface area contributed by atoms with Crippen molar-refractivity contribution in [1.82, 2.24) is 9.55 Å². The minimum absolute atomic E-state index is 0.122. The third-order valence-electron chi connectivity index (χ3n) is 3.21. The predicted octanol–water partition coefficient (Wildman–Crippen LogP) is 2.63. The first kappa shape index (κ1) is 12.9. The van der Waals surface area contributed by atoms with Crippen molar-refractivity contribution in [2.45, 2.75) is 0 Å². The molecular weight excluding hydrogens is 271 g/mol. The smallest absolute Gasteiger partial charge is 0.205 e. The number of halogens is 1. The van der Waals surface area contributed by atoms with Gasteiger partial charge in [0.2, 0.25) is 5.95 Å². The van der Waals surface area contributed by atoms with E-state index in [0.717, 1.165) is 5.69 Å². The molecule has 0 amide bonds. The number of rotatable bonds is 2. The van der Waals surface area contributed by atoms with Gasteiger partial charge in [-0.1, -0.05) is 0 Å². The second kappa shape index (κ2) is 4.80. The van der Waals surface area contributed by atoms with Crippen LogP contribution in [0, 0.1) is 17.1 Å². The van der Waals surface area contributed by atoms with E-state index in [1.807, 2.05) is 0 Å². The van der Waals surface area contributed by atoms with Crippen molar-refractivity contribution in [3.63, 3.8) is 0 Å². The molecule has 2 N–H and O–H groups in total. The largest absolute Gasteiger partial charge is 0.494 e. The lowest BCUT2D eigenvalue weighted by Gasteiger charge is -2.07. The molecule has 21 heavy (non-hydrogen) atoms. The van der Waals surface area contributed by atoms with Crippen LogP contribution in [0.1, 0.15) is 5.56 Å². The zero-order valence-electron chi connectivity index (χ0n) is 11.2. The van der Waals surface area contributed by atoms with Crippen LogP contribution >= 0.6 is 0 Å². The van der Waals surface area contributed by atoms with E-state index in [9.17, 15) is 4.39 Å².